The number of alkyl halides is 3. The van der Waals surface area contributed by atoms with Gasteiger partial charge >= 0.3 is 18.2 Å². The van der Waals surface area contributed by atoms with Crippen LogP contribution >= 0.6 is 11.3 Å². The Morgan fingerprint density at radius 1 is 1.41 bits per heavy atom. The van der Waals surface area contributed by atoms with E-state index in [-0.39, 0.29) is 22.1 Å². The summed E-state index contributed by atoms with van der Waals surface area (Å²) < 4.78 is 43.4. The molecule has 6 nitrogen and oxygen atoms in total. The van der Waals surface area contributed by atoms with E-state index in [9.17, 15) is 22.8 Å². The molecule has 0 aliphatic rings. The fourth-order valence-electron chi connectivity index (χ4n) is 1.61. The van der Waals surface area contributed by atoms with Crippen LogP contribution in [0.4, 0.5) is 18.0 Å². The molecule has 0 aliphatic carbocycles. The maximum absolute atomic E-state index is 12.8. The van der Waals surface area contributed by atoms with E-state index in [0.717, 1.165) is 11.3 Å². The SMILES string of the molecule is CCOC(=O)n1nc(C(F)(F)F)cc1-c1ccc(C(=O)O)s1. The molecule has 2 rings (SSSR count). The van der Waals surface area contributed by atoms with Crippen molar-refractivity contribution in [3.63, 3.8) is 0 Å². The fraction of sp³-hybridized carbons (Fsp3) is 0.250. The van der Waals surface area contributed by atoms with Crippen LogP contribution in [0.1, 0.15) is 22.3 Å². The standard InChI is InChI=1S/C12H9F3N2O4S/c1-2-21-11(20)17-6(5-9(16-17)12(13,14)15)7-3-4-8(22-7)10(18)19/h3-5H,2H2,1H3,(H,18,19). The van der Waals surface area contributed by atoms with E-state index in [2.05, 4.69) is 9.84 Å². The van der Waals surface area contributed by atoms with Gasteiger partial charge in [0.25, 0.3) is 0 Å². The number of hydrogen-bond acceptors (Lipinski definition) is 5. The third-order valence-corrected chi connectivity index (χ3v) is 3.61. The number of hydrogen-bond donors (Lipinski definition) is 1. The van der Waals surface area contributed by atoms with Gasteiger partial charge in [0.1, 0.15) is 4.88 Å². The summed E-state index contributed by atoms with van der Waals surface area (Å²) in [7, 11) is 0. The Labute approximate surface area is 125 Å². The number of thiophene rings is 1. The fourth-order valence-corrected chi connectivity index (χ4v) is 2.46. The van der Waals surface area contributed by atoms with Crippen molar-refractivity contribution in [2.75, 3.05) is 6.61 Å². The molecule has 0 bridgehead atoms. The minimum Gasteiger partial charge on any atom is -0.477 e. The van der Waals surface area contributed by atoms with Crippen LogP contribution in [-0.4, -0.2) is 33.6 Å². The number of rotatable bonds is 3. The number of halogens is 3. The number of nitrogens with zero attached hydrogens (tertiary/aromatic N) is 2. The first-order valence-electron chi connectivity index (χ1n) is 5.92. The lowest BCUT2D eigenvalue weighted by Crippen LogP contribution is -2.17. The van der Waals surface area contributed by atoms with Crippen LogP contribution in [-0.2, 0) is 10.9 Å². The lowest BCUT2D eigenvalue weighted by atomic mass is 10.3. The Morgan fingerprint density at radius 2 is 2.09 bits per heavy atom. The number of ether oxygens (including phenoxy) is 1. The highest BCUT2D eigenvalue weighted by molar-refractivity contribution is 7.17. The van der Waals surface area contributed by atoms with Gasteiger partial charge in [0.05, 0.1) is 17.2 Å². The van der Waals surface area contributed by atoms with Gasteiger partial charge < -0.3 is 9.84 Å². The zero-order valence-corrected chi connectivity index (χ0v) is 11.9. The highest BCUT2D eigenvalue weighted by Gasteiger charge is 2.36. The van der Waals surface area contributed by atoms with E-state index in [1.54, 1.807) is 0 Å². The number of carbonyl (C=O) groups is 2. The van der Waals surface area contributed by atoms with Gasteiger partial charge in [-0.15, -0.1) is 11.3 Å². The molecule has 0 saturated carbocycles. The second-order valence-electron chi connectivity index (χ2n) is 3.99. The molecule has 0 aromatic carbocycles. The summed E-state index contributed by atoms with van der Waals surface area (Å²) in [5, 5.41) is 12.1. The van der Waals surface area contributed by atoms with Crippen LogP contribution in [0, 0.1) is 0 Å². The topological polar surface area (TPSA) is 81.4 Å². The van der Waals surface area contributed by atoms with Crippen molar-refractivity contribution in [1.29, 1.82) is 0 Å². The summed E-state index contributed by atoms with van der Waals surface area (Å²) in [5.41, 5.74) is -1.44. The summed E-state index contributed by atoms with van der Waals surface area (Å²) >= 11 is 0.732. The molecule has 0 aliphatic heterocycles. The van der Waals surface area contributed by atoms with Crippen LogP contribution < -0.4 is 0 Å². The number of carboxylic acid groups (broad SMARTS) is 1. The normalized spacial score (nSPS) is 11.5. The van der Waals surface area contributed by atoms with E-state index >= 15 is 0 Å². The van der Waals surface area contributed by atoms with Crippen LogP contribution in [0.25, 0.3) is 10.6 Å². The zero-order valence-electron chi connectivity index (χ0n) is 11.0. The second kappa shape index (κ2) is 5.79. The van der Waals surface area contributed by atoms with E-state index in [1.165, 1.54) is 19.1 Å². The van der Waals surface area contributed by atoms with Crippen molar-refractivity contribution in [3.8, 4) is 10.6 Å². The first-order valence-corrected chi connectivity index (χ1v) is 6.73. The predicted octanol–water partition coefficient (Wildman–Crippen LogP) is 3.33. The summed E-state index contributed by atoms with van der Waals surface area (Å²) in [6.07, 6.45) is -5.81. The molecule has 0 saturated heterocycles. The molecular weight excluding hydrogens is 325 g/mol. The first-order chi connectivity index (χ1) is 10.2. The largest absolute Gasteiger partial charge is 0.477 e. The number of aromatic nitrogens is 2. The monoisotopic (exact) mass is 334 g/mol. The molecule has 1 N–H and O–H groups in total. The second-order valence-corrected chi connectivity index (χ2v) is 5.08. The molecule has 118 valence electrons. The molecule has 2 heterocycles. The predicted molar refractivity (Wildman–Crippen MR) is 69.9 cm³/mol. The van der Waals surface area contributed by atoms with Crippen molar-refractivity contribution in [2.45, 2.75) is 13.1 Å². The quantitative estimate of drug-likeness (QED) is 0.931. The minimum atomic E-state index is -4.74. The summed E-state index contributed by atoms with van der Waals surface area (Å²) in [4.78, 5) is 22.7. The zero-order chi connectivity index (χ0) is 16.5. The highest BCUT2D eigenvalue weighted by Crippen LogP contribution is 2.34. The van der Waals surface area contributed by atoms with Gasteiger partial charge in [-0.3, -0.25) is 0 Å². The molecule has 0 amide bonds. The molecule has 10 heteroatoms. The summed E-state index contributed by atoms with van der Waals surface area (Å²) in [5.74, 6) is -1.21. The molecule has 2 aromatic rings. The van der Waals surface area contributed by atoms with Crippen LogP contribution in [0.2, 0.25) is 0 Å². The number of aromatic carboxylic acids is 1. The molecular formula is C12H9F3N2O4S. The van der Waals surface area contributed by atoms with Crippen molar-refractivity contribution < 1.29 is 32.6 Å². The van der Waals surface area contributed by atoms with Crippen molar-refractivity contribution >= 4 is 23.4 Å². The molecule has 0 radical (unpaired) electrons. The number of carbonyl (C=O) groups excluding carboxylic acids is 1. The van der Waals surface area contributed by atoms with Gasteiger partial charge in [-0.25, -0.2) is 9.59 Å². The van der Waals surface area contributed by atoms with Crippen molar-refractivity contribution in [1.82, 2.24) is 9.78 Å². The van der Waals surface area contributed by atoms with E-state index in [1.807, 2.05) is 0 Å². The van der Waals surface area contributed by atoms with Gasteiger partial charge in [-0.2, -0.15) is 23.0 Å². The van der Waals surface area contributed by atoms with E-state index in [0.29, 0.717) is 10.7 Å². The Hall–Kier alpha value is -2.36. The van der Waals surface area contributed by atoms with Gasteiger partial charge in [0.15, 0.2) is 5.69 Å². The lowest BCUT2D eigenvalue weighted by molar-refractivity contribution is -0.141. The smallest absolute Gasteiger partial charge is 0.435 e. The molecule has 0 atom stereocenters. The Bertz CT molecular complexity index is 720. The molecule has 22 heavy (non-hydrogen) atoms. The highest BCUT2D eigenvalue weighted by atomic mass is 32.1. The third-order valence-electron chi connectivity index (χ3n) is 2.51. The first kappa shape index (κ1) is 16.0. The maximum Gasteiger partial charge on any atom is 0.435 e. The van der Waals surface area contributed by atoms with Crippen molar-refractivity contribution in [2.24, 2.45) is 0 Å². The third kappa shape index (κ3) is 3.11. The maximum atomic E-state index is 12.8. The van der Waals surface area contributed by atoms with Gasteiger partial charge in [0.2, 0.25) is 0 Å². The van der Waals surface area contributed by atoms with Crippen molar-refractivity contribution in [3.05, 3.63) is 28.8 Å². The summed E-state index contributed by atoms with van der Waals surface area (Å²) in [6.45, 7) is 1.46. The molecule has 0 unspecified atom stereocenters. The molecule has 2 aromatic heterocycles. The average molecular weight is 334 g/mol. The van der Waals surface area contributed by atoms with Gasteiger partial charge in [-0.05, 0) is 25.1 Å². The van der Waals surface area contributed by atoms with Crippen LogP contribution in [0.5, 0.6) is 0 Å². The minimum absolute atomic E-state index is 0.0374. The van der Waals surface area contributed by atoms with E-state index in [4.69, 9.17) is 5.11 Å². The molecule has 0 fully saturated rings. The van der Waals surface area contributed by atoms with Gasteiger partial charge in [-0.1, -0.05) is 0 Å². The average Bonchev–Trinajstić information content (AvgIpc) is 3.05. The van der Waals surface area contributed by atoms with Crippen LogP contribution in [0.3, 0.4) is 0 Å². The lowest BCUT2D eigenvalue weighted by Gasteiger charge is -2.04. The Balaban J connectivity index is 2.54. The van der Waals surface area contributed by atoms with E-state index < -0.39 is 23.9 Å². The Morgan fingerprint density at radius 3 is 2.59 bits per heavy atom. The van der Waals surface area contributed by atoms with Crippen LogP contribution in [0.15, 0.2) is 18.2 Å². The number of carboxylic acids is 1. The van der Waals surface area contributed by atoms with Gasteiger partial charge in [0, 0.05) is 0 Å². The Kier molecular flexibility index (Phi) is 4.22. The summed E-state index contributed by atoms with van der Waals surface area (Å²) in [6, 6.07) is 3.22. The molecule has 0 spiro atoms.